The van der Waals surface area contributed by atoms with Gasteiger partial charge in [0, 0.05) is 11.3 Å². The van der Waals surface area contributed by atoms with Crippen molar-refractivity contribution in [1.29, 1.82) is 0 Å². The van der Waals surface area contributed by atoms with Crippen LogP contribution in [0, 0.1) is 17.7 Å². The molecule has 0 unspecified atom stereocenters. The standard InChI is InChI=1S/C16H16F4N2O2/c1-9-4-2-7-12-13(9)21-22(15(12,24)16(18,19)20)14(23)10-5-3-6-11(17)8-10/h3,5-6,8-9,12,24H,2,4,7H2,1H3/t9-,12+,15-/m1/s1. The van der Waals surface area contributed by atoms with E-state index >= 15 is 0 Å². The van der Waals surface area contributed by atoms with Gasteiger partial charge in [0.15, 0.2) is 0 Å². The second-order valence-electron chi connectivity index (χ2n) is 6.26. The minimum atomic E-state index is -5.08. The fourth-order valence-electron chi connectivity index (χ4n) is 3.44. The highest BCUT2D eigenvalue weighted by molar-refractivity contribution is 6.00. The predicted molar refractivity (Wildman–Crippen MR) is 77.5 cm³/mol. The van der Waals surface area contributed by atoms with E-state index in [0.717, 1.165) is 12.1 Å². The number of alkyl halides is 3. The Bertz CT molecular complexity index is 704. The van der Waals surface area contributed by atoms with Gasteiger partial charge >= 0.3 is 6.18 Å². The number of fused-ring (bicyclic) bond motifs is 1. The summed E-state index contributed by atoms with van der Waals surface area (Å²) in [4.78, 5) is 12.5. The molecule has 1 aromatic carbocycles. The topological polar surface area (TPSA) is 52.9 Å². The van der Waals surface area contributed by atoms with E-state index in [1.165, 1.54) is 12.1 Å². The fraction of sp³-hybridized carbons (Fsp3) is 0.500. The number of hydrazone groups is 1. The van der Waals surface area contributed by atoms with Gasteiger partial charge in [0.25, 0.3) is 11.6 Å². The van der Waals surface area contributed by atoms with E-state index < -0.39 is 29.5 Å². The van der Waals surface area contributed by atoms with Gasteiger partial charge in [-0.2, -0.15) is 23.3 Å². The number of aliphatic hydroxyl groups is 1. The molecule has 130 valence electrons. The Labute approximate surface area is 135 Å². The van der Waals surface area contributed by atoms with Crippen LogP contribution in [-0.2, 0) is 0 Å². The van der Waals surface area contributed by atoms with Gasteiger partial charge in [-0.1, -0.05) is 19.4 Å². The van der Waals surface area contributed by atoms with Crippen molar-refractivity contribution in [2.75, 3.05) is 0 Å². The van der Waals surface area contributed by atoms with Gasteiger partial charge < -0.3 is 5.11 Å². The van der Waals surface area contributed by atoms with Crippen molar-refractivity contribution < 1.29 is 27.5 Å². The van der Waals surface area contributed by atoms with Crippen LogP contribution < -0.4 is 0 Å². The molecule has 24 heavy (non-hydrogen) atoms. The van der Waals surface area contributed by atoms with Gasteiger partial charge in [-0.25, -0.2) is 4.39 Å². The van der Waals surface area contributed by atoms with Crippen molar-refractivity contribution in [3.63, 3.8) is 0 Å². The van der Waals surface area contributed by atoms with E-state index in [-0.39, 0.29) is 28.6 Å². The normalized spacial score (nSPS) is 30.1. The lowest BCUT2D eigenvalue weighted by molar-refractivity contribution is -0.312. The van der Waals surface area contributed by atoms with Crippen LogP contribution in [0.1, 0.15) is 36.5 Å². The van der Waals surface area contributed by atoms with Crippen LogP contribution in [0.5, 0.6) is 0 Å². The average molecular weight is 344 g/mol. The summed E-state index contributed by atoms with van der Waals surface area (Å²) in [5, 5.41) is 14.4. The first-order chi connectivity index (χ1) is 11.2. The van der Waals surface area contributed by atoms with E-state index in [2.05, 4.69) is 5.10 Å². The Hall–Kier alpha value is -1.96. The van der Waals surface area contributed by atoms with Gasteiger partial charge in [0.2, 0.25) is 0 Å². The molecule has 1 saturated carbocycles. The maximum atomic E-state index is 13.7. The first kappa shape index (κ1) is 16.9. The van der Waals surface area contributed by atoms with Crippen molar-refractivity contribution >= 4 is 11.6 Å². The molecule has 1 heterocycles. The van der Waals surface area contributed by atoms with Gasteiger partial charge in [-0.3, -0.25) is 4.79 Å². The van der Waals surface area contributed by atoms with E-state index in [1.807, 2.05) is 0 Å². The molecule has 1 aliphatic carbocycles. The first-order valence-corrected chi connectivity index (χ1v) is 7.64. The minimum absolute atomic E-state index is 0.0869. The average Bonchev–Trinajstić information content (AvgIpc) is 2.82. The number of rotatable bonds is 1. The molecule has 0 bridgehead atoms. The number of hydrogen-bond acceptors (Lipinski definition) is 3. The van der Waals surface area contributed by atoms with Crippen LogP contribution in [0.3, 0.4) is 0 Å². The largest absolute Gasteiger partial charge is 0.439 e. The summed E-state index contributed by atoms with van der Waals surface area (Å²) >= 11 is 0. The third-order valence-corrected chi connectivity index (χ3v) is 4.70. The number of amides is 1. The third-order valence-electron chi connectivity index (χ3n) is 4.70. The number of nitrogens with zero attached hydrogens (tertiary/aromatic N) is 2. The molecule has 0 spiro atoms. The number of benzene rings is 1. The molecule has 3 rings (SSSR count). The van der Waals surface area contributed by atoms with Gasteiger partial charge in [0.1, 0.15) is 5.82 Å². The van der Waals surface area contributed by atoms with E-state index in [9.17, 15) is 27.5 Å². The molecular weight excluding hydrogens is 328 g/mol. The molecule has 1 aromatic rings. The molecule has 1 N–H and O–H groups in total. The number of carbonyl (C=O) groups is 1. The third kappa shape index (κ3) is 2.40. The summed E-state index contributed by atoms with van der Waals surface area (Å²) in [6.07, 6.45) is -3.84. The lowest BCUT2D eigenvalue weighted by Crippen LogP contribution is -2.61. The zero-order valence-corrected chi connectivity index (χ0v) is 12.8. The zero-order valence-electron chi connectivity index (χ0n) is 12.8. The molecular formula is C16H16F4N2O2. The van der Waals surface area contributed by atoms with Gasteiger partial charge in [-0.15, -0.1) is 0 Å². The maximum Gasteiger partial charge on any atom is 0.439 e. The highest BCUT2D eigenvalue weighted by Gasteiger charge is 2.69. The Balaban J connectivity index is 2.08. The van der Waals surface area contributed by atoms with Crippen molar-refractivity contribution in [1.82, 2.24) is 5.01 Å². The highest BCUT2D eigenvalue weighted by Crippen LogP contribution is 2.49. The van der Waals surface area contributed by atoms with Gasteiger partial charge in [-0.05, 0) is 37.0 Å². The predicted octanol–water partition coefficient (Wildman–Crippen LogP) is 3.32. The van der Waals surface area contributed by atoms with E-state index in [1.54, 1.807) is 6.92 Å². The quantitative estimate of drug-likeness (QED) is 0.795. The summed E-state index contributed by atoms with van der Waals surface area (Å²) in [6.45, 7) is 1.72. The second kappa shape index (κ2) is 5.54. The summed E-state index contributed by atoms with van der Waals surface area (Å²) in [5.74, 6) is -3.49. The number of hydrogen-bond donors (Lipinski definition) is 1. The first-order valence-electron chi connectivity index (χ1n) is 7.64. The summed E-state index contributed by atoms with van der Waals surface area (Å²) < 4.78 is 54.3. The summed E-state index contributed by atoms with van der Waals surface area (Å²) in [6, 6.07) is 4.30. The highest BCUT2D eigenvalue weighted by atomic mass is 19.4. The number of halogens is 4. The SMILES string of the molecule is C[C@@H]1CCC[C@H]2C1=NN(C(=O)c1cccc(F)c1)[C@]2(O)C(F)(F)F. The molecule has 1 fully saturated rings. The van der Waals surface area contributed by atoms with Crippen LogP contribution in [0.15, 0.2) is 29.4 Å². The van der Waals surface area contributed by atoms with Crippen molar-refractivity contribution in [3.8, 4) is 0 Å². The molecule has 0 aromatic heterocycles. The Morgan fingerprint density at radius 1 is 1.38 bits per heavy atom. The molecule has 0 radical (unpaired) electrons. The smallest absolute Gasteiger partial charge is 0.362 e. The minimum Gasteiger partial charge on any atom is -0.362 e. The molecule has 1 amide bonds. The molecule has 3 atom stereocenters. The van der Waals surface area contributed by atoms with Crippen molar-refractivity contribution in [3.05, 3.63) is 35.6 Å². The second-order valence-corrected chi connectivity index (χ2v) is 6.26. The Kier molecular flexibility index (Phi) is 3.90. The van der Waals surface area contributed by atoms with Crippen LogP contribution in [-0.4, -0.2) is 33.6 Å². The summed E-state index contributed by atoms with van der Waals surface area (Å²) in [5.41, 5.74) is -3.53. The Morgan fingerprint density at radius 2 is 2.08 bits per heavy atom. The summed E-state index contributed by atoms with van der Waals surface area (Å²) in [7, 11) is 0. The van der Waals surface area contributed by atoms with Crippen LogP contribution in [0.4, 0.5) is 17.6 Å². The molecule has 0 saturated heterocycles. The van der Waals surface area contributed by atoms with E-state index in [0.29, 0.717) is 12.8 Å². The van der Waals surface area contributed by atoms with Crippen molar-refractivity contribution in [2.45, 2.75) is 38.1 Å². The molecule has 8 heteroatoms. The van der Waals surface area contributed by atoms with Gasteiger partial charge in [0.05, 0.1) is 5.92 Å². The lowest BCUT2D eigenvalue weighted by Gasteiger charge is -2.39. The zero-order chi connectivity index (χ0) is 17.7. The number of carbonyl (C=O) groups excluding carboxylic acids is 1. The Morgan fingerprint density at radius 3 is 2.71 bits per heavy atom. The van der Waals surface area contributed by atoms with Crippen LogP contribution in [0.2, 0.25) is 0 Å². The molecule has 1 aliphatic heterocycles. The van der Waals surface area contributed by atoms with Crippen LogP contribution >= 0.6 is 0 Å². The molecule has 4 nitrogen and oxygen atoms in total. The van der Waals surface area contributed by atoms with Crippen LogP contribution in [0.25, 0.3) is 0 Å². The monoisotopic (exact) mass is 344 g/mol. The lowest BCUT2D eigenvalue weighted by atomic mass is 9.75. The fourth-order valence-corrected chi connectivity index (χ4v) is 3.44. The maximum absolute atomic E-state index is 13.7. The van der Waals surface area contributed by atoms with E-state index in [4.69, 9.17) is 0 Å². The van der Waals surface area contributed by atoms with Crippen molar-refractivity contribution in [2.24, 2.45) is 16.9 Å². The molecule has 2 aliphatic rings.